The summed E-state index contributed by atoms with van der Waals surface area (Å²) < 4.78 is 0. The maximum absolute atomic E-state index is 5.90. The lowest BCUT2D eigenvalue weighted by Gasteiger charge is -2.04. The van der Waals surface area contributed by atoms with E-state index >= 15 is 0 Å². The number of anilines is 1. The minimum absolute atomic E-state index is 0.660. The molecule has 0 bridgehead atoms. The second-order valence-electron chi connectivity index (χ2n) is 4.03. The Kier molecular flexibility index (Phi) is 3.19. The number of azo groups is 1. The summed E-state index contributed by atoms with van der Waals surface area (Å²) in [6, 6.07) is 13.5. The topological polar surface area (TPSA) is 50.7 Å². The zero-order valence-corrected chi connectivity index (χ0v) is 10.0. The fourth-order valence-electron chi connectivity index (χ4n) is 1.52. The van der Waals surface area contributed by atoms with E-state index in [0.717, 1.165) is 11.4 Å². The van der Waals surface area contributed by atoms with Crippen LogP contribution in [0.15, 0.2) is 52.7 Å². The number of hydrogen-bond acceptors (Lipinski definition) is 3. The fourth-order valence-corrected chi connectivity index (χ4v) is 1.52. The Balaban J connectivity index is 2.31. The molecule has 2 N–H and O–H groups in total. The lowest BCUT2D eigenvalue weighted by molar-refractivity contribution is 1.22. The quantitative estimate of drug-likeness (QED) is 0.601. The van der Waals surface area contributed by atoms with Crippen molar-refractivity contribution in [3.05, 3.63) is 53.6 Å². The van der Waals surface area contributed by atoms with Gasteiger partial charge in [0.1, 0.15) is 5.69 Å². The van der Waals surface area contributed by atoms with Gasteiger partial charge in [0, 0.05) is 0 Å². The normalized spacial score (nSPS) is 10.9. The molecule has 0 fully saturated rings. The number of hydrogen-bond donors (Lipinski definition) is 1. The monoisotopic (exact) mass is 225 g/mol. The third-order valence-electron chi connectivity index (χ3n) is 2.67. The number of nitrogen functional groups attached to an aromatic ring is 1. The first-order valence-corrected chi connectivity index (χ1v) is 5.50. The Morgan fingerprint density at radius 2 is 1.53 bits per heavy atom. The molecule has 0 saturated carbocycles. The Bertz CT molecular complexity index is 545. The van der Waals surface area contributed by atoms with Gasteiger partial charge in [0.15, 0.2) is 0 Å². The largest absolute Gasteiger partial charge is 0.397 e. The summed E-state index contributed by atoms with van der Waals surface area (Å²) in [5, 5.41) is 8.33. The minimum Gasteiger partial charge on any atom is -0.397 e. The van der Waals surface area contributed by atoms with Gasteiger partial charge in [-0.1, -0.05) is 18.2 Å². The molecule has 2 aromatic carbocycles. The van der Waals surface area contributed by atoms with Crippen LogP contribution in [0.4, 0.5) is 17.1 Å². The summed E-state index contributed by atoms with van der Waals surface area (Å²) in [6.45, 7) is 4.07. The minimum atomic E-state index is 0.660. The van der Waals surface area contributed by atoms with Crippen molar-refractivity contribution >= 4 is 17.1 Å². The third kappa shape index (κ3) is 2.69. The summed E-state index contributed by atoms with van der Waals surface area (Å²) >= 11 is 0. The molecule has 0 aliphatic heterocycles. The Morgan fingerprint density at radius 1 is 0.882 bits per heavy atom. The van der Waals surface area contributed by atoms with Crippen LogP contribution in [0.2, 0.25) is 0 Å². The van der Waals surface area contributed by atoms with Crippen molar-refractivity contribution in [3.63, 3.8) is 0 Å². The first kappa shape index (κ1) is 11.3. The smallest absolute Gasteiger partial charge is 0.109 e. The van der Waals surface area contributed by atoms with Crippen molar-refractivity contribution in [1.82, 2.24) is 0 Å². The van der Waals surface area contributed by atoms with Crippen LogP contribution in [0, 0.1) is 13.8 Å². The zero-order chi connectivity index (χ0) is 12.3. The predicted octanol–water partition coefficient (Wildman–Crippen LogP) is 4.30. The molecule has 0 atom stereocenters. The maximum atomic E-state index is 5.90. The van der Waals surface area contributed by atoms with E-state index in [9.17, 15) is 0 Å². The highest BCUT2D eigenvalue weighted by atomic mass is 15.1. The number of aryl methyl sites for hydroxylation is 2. The molecule has 3 heteroatoms. The van der Waals surface area contributed by atoms with Crippen LogP contribution in [0.1, 0.15) is 11.1 Å². The van der Waals surface area contributed by atoms with Gasteiger partial charge in [-0.15, -0.1) is 5.11 Å². The van der Waals surface area contributed by atoms with Gasteiger partial charge in [0.2, 0.25) is 0 Å². The van der Waals surface area contributed by atoms with E-state index in [1.165, 1.54) is 11.1 Å². The Labute approximate surface area is 101 Å². The van der Waals surface area contributed by atoms with Crippen LogP contribution < -0.4 is 5.73 Å². The highest BCUT2D eigenvalue weighted by molar-refractivity contribution is 5.65. The maximum Gasteiger partial charge on any atom is 0.109 e. The molecular formula is C14H15N3. The molecule has 0 spiro atoms. The van der Waals surface area contributed by atoms with E-state index in [1.807, 2.05) is 56.3 Å². The Hall–Kier alpha value is -2.16. The van der Waals surface area contributed by atoms with E-state index in [2.05, 4.69) is 10.2 Å². The number of rotatable bonds is 2. The highest BCUT2D eigenvalue weighted by Gasteiger charge is 2.01. The Morgan fingerprint density at radius 3 is 2.24 bits per heavy atom. The first-order valence-electron chi connectivity index (χ1n) is 5.50. The summed E-state index contributed by atoms with van der Waals surface area (Å²) in [5.74, 6) is 0. The van der Waals surface area contributed by atoms with Crippen LogP contribution in [0.3, 0.4) is 0 Å². The molecule has 0 radical (unpaired) electrons. The number of nitrogens with zero attached hydrogens (tertiary/aromatic N) is 2. The summed E-state index contributed by atoms with van der Waals surface area (Å²) in [7, 11) is 0. The van der Waals surface area contributed by atoms with Crippen LogP contribution in [-0.2, 0) is 0 Å². The van der Waals surface area contributed by atoms with Crippen LogP contribution in [-0.4, -0.2) is 0 Å². The van der Waals surface area contributed by atoms with Crippen molar-refractivity contribution in [3.8, 4) is 0 Å². The third-order valence-corrected chi connectivity index (χ3v) is 2.67. The van der Waals surface area contributed by atoms with E-state index in [0.29, 0.717) is 5.69 Å². The lowest BCUT2D eigenvalue weighted by Crippen LogP contribution is -1.88. The van der Waals surface area contributed by atoms with Gasteiger partial charge in [-0.2, -0.15) is 5.11 Å². The predicted molar refractivity (Wildman–Crippen MR) is 70.9 cm³/mol. The molecule has 0 aliphatic carbocycles. The van der Waals surface area contributed by atoms with Gasteiger partial charge in [-0.05, 0) is 49.2 Å². The van der Waals surface area contributed by atoms with Crippen LogP contribution in [0.25, 0.3) is 0 Å². The number of benzene rings is 2. The van der Waals surface area contributed by atoms with Crippen LogP contribution >= 0.6 is 0 Å². The van der Waals surface area contributed by atoms with Crippen molar-refractivity contribution < 1.29 is 0 Å². The molecule has 2 rings (SSSR count). The summed E-state index contributed by atoms with van der Waals surface area (Å²) in [5.41, 5.74) is 10.4. The van der Waals surface area contributed by atoms with Crippen molar-refractivity contribution in [1.29, 1.82) is 0 Å². The average Bonchev–Trinajstić information content (AvgIpc) is 2.33. The van der Waals surface area contributed by atoms with Gasteiger partial charge >= 0.3 is 0 Å². The molecule has 86 valence electrons. The van der Waals surface area contributed by atoms with Crippen molar-refractivity contribution in [2.24, 2.45) is 10.2 Å². The highest BCUT2D eigenvalue weighted by Crippen LogP contribution is 2.27. The van der Waals surface area contributed by atoms with E-state index < -0.39 is 0 Å². The molecule has 0 unspecified atom stereocenters. The van der Waals surface area contributed by atoms with Crippen LogP contribution in [0.5, 0.6) is 0 Å². The fraction of sp³-hybridized carbons (Fsp3) is 0.143. The van der Waals surface area contributed by atoms with Gasteiger partial charge in [-0.25, -0.2) is 0 Å². The van der Waals surface area contributed by atoms with Gasteiger partial charge < -0.3 is 5.73 Å². The van der Waals surface area contributed by atoms with Gasteiger partial charge in [0.05, 0.1) is 11.4 Å². The first-order chi connectivity index (χ1) is 8.16. The molecule has 0 aliphatic rings. The molecule has 17 heavy (non-hydrogen) atoms. The standard InChI is InChI=1S/C14H15N3/c1-10-8-13(15)14(9-11(10)2)17-16-12-6-4-3-5-7-12/h3-9H,15H2,1-2H3. The SMILES string of the molecule is Cc1cc(N)c(N=Nc2ccccc2)cc1C. The second-order valence-corrected chi connectivity index (χ2v) is 4.03. The van der Waals surface area contributed by atoms with Crippen molar-refractivity contribution in [2.45, 2.75) is 13.8 Å². The summed E-state index contributed by atoms with van der Waals surface area (Å²) in [4.78, 5) is 0. The lowest BCUT2D eigenvalue weighted by atomic mass is 10.1. The molecule has 0 amide bonds. The number of nitrogens with two attached hydrogens (primary N) is 1. The van der Waals surface area contributed by atoms with E-state index in [4.69, 9.17) is 5.73 Å². The van der Waals surface area contributed by atoms with Gasteiger partial charge in [-0.3, -0.25) is 0 Å². The van der Waals surface area contributed by atoms with Crippen molar-refractivity contribution in [2.75, 3.05) is 5.73 Å². The molecule has 0 heterocycles. The molecule has 3 nitrogen and oxygen atoms in total. The molecule has 0 saturated heterocycles. The van der Waals surface area contributed by atoms with Gasteiger partial charge in [0.25, 0.3) is 0 Å². The zero-order valence-electron chi connectivity index (χ0n) is 10.0. The molecule has 0 aromatic heterocycles. The van der Waals surface area contributed by atoms with E-state index in [1.54, 1.807) is 0 Å². The van der Waals surface area contributed by atoms with E-state index in [-0.39, 0.29) is 0 Å². The second kappa shape index (κ2) is 4.78. The molecule has 2 aromatic rings. The summed E-state index contributed by atoms with van der Waals surface area (Å²) in [6.07, 6.45) is 0. The average molecular weight is 225 g/mol. The molecular weight excluding hydrogens is 210 g/mol.